The monoisotopic (exact) mass is 296 g/mol. The van der Waals surface area contributed by atoms with Crippen LogP contribution >= 0.6 is 11.6 Å². The summed E-state index contributed by atoms with van der Waals surface area (Å²) >= 11 is 5.83. The zero-order valence-corrected chi connectivity index (χ0v) is 12.9. The van der Waals surface area contributed by atoms with Crippen LogP contribution in [0.2, 0.25) is 5.02 Å². The normalized spacial score (nSPS) is 10.4. The average molecular weight is 297 g/mol. The summed E-state index contributed by atoms with van der Waals surface area (Å²) in [6.07, 6.45) is 0.311. The zero-order valence-electron chi connectivity index (χ0n) is 12.1. The molecule has 0 bridgehead atoms. The van der Waals surface area contributed by atoms with Gasteiger partial charge in [-0.2, -0.15) is 0 Å². The first-order chi connectivity index (χ1) is 9.38. The molecule has 0 spiro atoms. The Bertz CT molecular complexity index is 457. The number of nitrogens with zero attached hydrogens (tertiary/aromatic N) is 1. The van der Waals surface area contributed by atoms with Crippen LogP contribution in [0.3, 0.4) is 0 Å². The number of nitrogens with one attached hydrogen (secondary N) is 1. The van der Waals surface area contributed by atoms with Crippen LogP contribution in [-0.4, -0.2) is 29.3 Å². The number of hydrogen-bond donors (Lipinski definition) is 1. The standard InChI is InChI=1S/C15H21ClN2O2/c1-11(2)17-15(20)8-9-18(12(3)19)10-13-4-6-14(16)7-5-13/h4-7,11H,8-10H2,1-3H3,(H,17,20). The fraction of sp³-hybridized carbons (Fsp3) is 0.467. The highest BCUT2D eigenvalue weighted by Gasteiger charge is 2.12. The highest BCUT2D eigenvalue weighted by molar-refractivity contribution is 6.30. The van der Waals surface area contributed by atoms with E-state index in [9.17, 15) is 9.59 Å². The van der Waals surface area contributed by atoms with E-state index in [1.807, 2.05) is 26.0 Å². The van der Waals surface area contributed by atoms with Crippen molar-refractivity contribution in [2.75, 3.05) is 6.54 Å². The predicted octanol–water partition coefficient (Wildman–Crippen LogP) is 2.60. The minimum absolute atomic E-state index is 0.0395. The summed E-state index contributed by atoms with van der Waals surface area (Å²) in [4.78, 5) is 24.9. The number of carbonyl (C=O) groups is 2. The van der Waals surface area contributed by atoms with Crippen LogP contribution in [0.25, 0.3) is 0 Å². The van der Waals surface area contributed by atoms with Gasteiger partial charge in [-0.15, -0.1) is 0 Å². The third-order valence-corrected chi connectivity index (χ3v) is 3.04. The summed E-state index contributed by atoms with van der Waals surface area (Å²) in [7, 11) is 0. The van der Waals surface area contributed by atoms with Crippen LogP contribution < -0.4 is 5.32 Å². The molecule has 2 amide bonds. The van der Waals surface area contributed by atoms with E-state index in [0.29, 0.717) is 24.5 Å². The number of rotatable bonds is 6. The fourth-order valence-corrected chi connectivity index (χ4v) is 1.91. The average Bonchev–Trinajstić information content (AvgIpc) is 2.35. The Labute approximate surface area is 125 Å². The van der Waals surface area contributed by atoms with E-state index in [1.54, 1.807) is 17.0 Å². The Hall–Kier alpha value is -1.55. The highest BCUT2D eigenvalue weighted by Crippen LogP contribution is 2.12. The van der Waals surface area contributed by atoms with Gasteiger partial charge in [-0.3, -0.25) is 9.59 Å². The second-order valence-electron chi connectivity index (χ2n) is 5.04. The van der Waals surface area contributed by atoms with Crippen molar-refractivity contribution < 1.29 is 9.59 Å². The lowest BCUT2D eigenvalue weighted by Gasteiger charge is -2.21. The summed E-state index contributed by atoms with van der Waals surface area (Å²) < 4.78 is 0. The molecule has 0 radical (unpaired) electrons. The smallest absolute Gasteiger partial charge is 0.221 e. The highest BCUT2D eigenvalue weighted by atomic mass is 35.5. The molecule has 1 N–H and O–H groups in total. The molecule has 0 aromatic heterocycles. The molecule has 0 heterocycles. The first-order valence-electron chi connectivity index (χ1n) is 6.68. The van der Waals surface area contributed by atoms with Gasteiger partial charge in [0.25, 0.3) is 0 Å². The third-order valence-electron chi connectivity index (χ3n) is 2.79. The van der Waals surface area contributed by atoms with Crippen molar-refractivity contribution in [3.63, 3.8) is 0 Å². The van der Waals surface area contributed by atoms with Crippen molar-refractivity contribution in [3.05, 3.63) is 34.9 Å². The Morgan fingerprint density at radius 2 is 1.85 bits per heavy atom. The summed E-state index contributed by atoms with van der Waals surface area (Å²) in [5.41, 5.74) is 0.994. The van der Waals surface area contributed by atoms with Crippen molar-refractivity contribution in [2.45, 2.75) is 39.8 Å². The molecule has 0 aliphatic rings. The van der Waals surface area contributed by atoms with Crippen LogP contribution in [0.15, 0.2) is 24.3 Å². The first-order valence-corrected chi connectivity index (χ1v) is 7.05. The minimum Gasteiger partial charge on any atom is -0.354 e. The molecule has 1 aromatic carbocycles. The van der Waals surface area contributed by atoms with Gasteiger partial charge >= 0.3 is 0 Å². The molecule has 0 atom stereocenters. The Morgan fingerprint density at radius 3 is 2.35 bits per heavy atom. The van der Waals surface area contributed by atoms with Gasteiger partial charge < -0.3 is 10.2 Å². The van der Waals surface area contributed by atoms with Crippen LogP contribution in [0.4, 0.5) is 0 Å². The Kier molecular flexibility index (Phi) is 6.52. The molecule has 20 heavy (non-hydrogen) atoms. The van der Waals surface area contributed by atoms with Gasteiger partial charge in [-0.25, -0.2) is 0 Å². The number of halogens is 1. The maximum atomic E-state index is 11.6. The SMILES string of the molecule is CC(=O)N(CCC(=O)NC(C)C)Cc1ccc(Cl)cc1. The molecule has 1 aromatic rings. The van der Waals surface area contributed by atoms with Crippen LogP contribution in [-0.2, 0) is 16.1 Å². The van der Waals surface area contributed by atoms with E-state index in [2.05, 4.69) is 5.32 Å². The van der Waals surface area contributed by atoms with Crippen LogP contribution in [0.5, 0.6) is 0 Å². The second kappa shape index (κ2) is 7.90. The number of benzene rings is 1. The Balaban J connectivity index is 2.55. The topological polar surface area (TPSA) is 49.4 Å². The molecular weight excluding hydrogens is 276 g/mol. The predicted molar refractivity (Wildman–Crippen MR) is 80.4 cm³/mol. The van der Waals surface area contributed by atoms with E-state index >= 15 is 0 Å². The van der Waals surface area contributed by atoms with Gasteiger partial charge in [0.15, 0.2) is 0 Å². The van der Waals surface area contributed by atoms with Crippen LogP contribution in [0.1, 0.15) is 32.8 Å². The molecule has 5 heteroatoms. The number of amides is 2. The van der Waals surface area contributed by atoms with E-state index in [1.165, 1.54) is 6.92 Å². The maximum Gasteiger partial charge on any atom is 0.221 e. The molecule has 110 valence electrons. The van der Waals surface area contributed by atoms with Gasteiger partial charge in [-0.1, -0.05) is 23.7 Å². The fourth-order valence-electron chi connectivity index (χ4n) is 1.79. The number of hydrogen-bond acceptors (Lipinski definition) is 2. The zero-order chi connectivity index (χ0) is 15.1. The molecule has 4 nitrogen and oxygen atoms in total. The van der Waals surface area contributed by atoms with E-state index in [4.69, 9.17) is 11.6 Å². The van der Waals surface area contributed by atoms with E-state index < -0.39 is 0 Å². The lowest BCUT2D eigenvalue weighted by molar-refractivity contribution is -0.130. The summed E-state index contributed by atoms with van der Waals surface area (Å²) in [6, 6.07) is 7.46. The molecule has 1 rings (SSSR count). The minimum atomic E-state index is -0.0442. The summed E-state index contributed by atoms with van der Waals surface area (Å²) in [5, 5.41) is 3.48. The molecule has 0 aliphatic carbocycles. The summed E-state index contributed by atoms with van der Waals surface area (Å²) in [5.74, 6) is -0.0837. The quantitative estimate of drug-likeness (QED) is 0.877. The molecule has 0 saturated heterocycles. The van der Waals surface area contributed by atoms with Crippen molar-refractivity contribution in [2.24, 2.45) is 0 Å². The largest absolute Gasteiger partial charge is 0.354 e. The van der Waals surface area contributed by atoms with Gasteiger partial charge in [0, 0.05) is 37.5 Å². The van der Waals surface area contributed by atoms with Gasteiger partial charge in [0.2, 0.25) is 11.8 Å². The molecule has 0 unspecified atom stereocenters. The first kappa shape index (κ1) is 16.5. The van der Waals surface area contributed by atoms with E-state index in [0.717, 1.165) is 5.56 Å². The lowest BCUT2D eigenvalue weighted by atomic mass is 10.2. The van der Waals surface area contributed by atoms with Gasteiger partial charge in [0.1, 0.15) is 0 Å². The Morgan fingerprint density at radius 1 is 1.25 bits per heavy atom. The van der Waals surface area contributed by atoms with Crippen molar-refractivity contribution in [1.29, 1.82) is 0 Å². The van der Waals surface area contributed by atoms with Gasteiger partial charge in [0.05, 0.1) is 0 Å². The van der Waals surface area contributed by atoms with Crippen molar-refractivity contribution in [3.8, 4) is 0 Å². The summed E-state index contributed by atoms with van der Waals surface area (Å²) in [6.45, 7) is 6.23. The molecule has 0 aliphatic heterocycles. The third kappa shape index (κ3) is 6.06. The second-order valence-corrected chi connectivity index (χ2v) is 5.48. The molecule has 0 fully saturated rings. The lowest BCUT2D eigenvalue weighted by Crippen LogP contribution is -2.35. The van der Waals surface area contributed by atoms with Crippen molar-refractivity contribution >= 4 is 23.4 Å². The van der Waals surface area contributed by atoms with Crippen molar-refractivity contribution in [1.82, 2.24) is 10.2 Å². The molecule has 0 saturated carbocycles. The number of carbonyl (C=O) groups excluding carboxylic acids is 2. The van der Waals surface area contributed by atoms with Crippen LogP contribution in [0, 0.1) is 0 Å². The van der Waals surface area contributed by atoms with Gasteiger partial charge in [-0.05, 0) is 31.5 Å². The maximum absolute atomic E-state index is 11.6. The molecular formula is C15H21ClN2O2. The van der Waals surface area contributed by atoms with E-state index in [-0.39, 0.29) is 17.9 Å².